The van der Waals surface area contributed by atoms with Crippen LogP contribution in [-0.2, 0) is 0 Å². The third-order valence-corrected chi connectivity index (χ3v) is 2.37. The lowest BCUT2D eigenvalue weighted by Gasteiger charge is -2.20. The second-order valence-corrected chi connectivity index (χ2v) is 4.44. The quantitative estimate of drug-likeness (QED) is 0.754. The van der Waals surface area contributed by atoms with Crippen LogP contribution < -0.4 is 9.64 Å². The molecule has 1 heterocycles. The highest BCUT2D eigenvalue weighted by molar-refractivity contribution is 9.09. The van der Waals surface area contributed by atoms with E-state index in [1.807, 2.05) is 13.8 Å². The highest BCUT2D eigenvalue weighted by Gasteiger charge is 2.07. The molecule has 0 aliphatic heterocycles. The lowest BCUT2D eigenvalue weighted by Crippen LogP contribution is -2.26. The monoisotopic (exact) mass is 287 g/mol. The third kappa shape index (κ3) is 3.96. The molecule has 0 bridgehead atoms. The molecule has 4 nitrogen and oxygen atoms in total. The molecule has 0 fully saturated rings. The Bertz CT molecular complexity index is 320. The van der Waals surface area contributed by atoms with E-state index in [2.05, 4.69) is 37.7 Å². The molecule has 90 valence electrons. The maximum absolute atomic E-state index is 5.52. The topological polar surface area (TPSA) is 38.2 Å². The molecular weight excluding hydrogens is 270 g/mol. The van der Waals surface area contributed by atoms with Crippen LogP contribution in [-0.4, -0.2) is 34.5 Å². The van der Waals surface area contributed by atoms with Gasteiger partial charge in [-0.15, -0.1) is 0 Å². The summed E-state index contributed by atoms with van der Waals surface area (Å²) in [6.45, 7) is 7.87. The predicted octanol–water partition coefficient (Wildman–Crippen LogP) is 2.49. The minimum absolute atomic E-state index is 0.121. The van der Waals surface area contributed by atoms with E-state index in [1.54, 1.807) is 12.4 Å². The van der Waals surface area contributed by atoms with Gasteiger partial charge in [0, 0.05) is 18.4 Å². The standard InChI is InChI=1S/C11H18BrN3O/c1-4-15(6-5-12)10-7-13-8-11(14-10)16-9(2)3/h7-9H,4-6H2,1-3H3. The van der Waals surface area contributed by atoms with E-state index >= 15 is 0 Å². The number of nitrogens with zero attached hydrogens (tertiary/aromatic N) is 3. The minimum atomic E-state index is 0.121. The fourth-order valence-corrected chi connectivity index (χ4v) is 1.75. The maximum atomic E-state index is 5.52. The first kappa shape index (κ1) is 13.2. The van der Waals surface area contributed by atoms with E-state index in [-0.39, 0.29) is 6.10 Å². The lowest BCUT2D eigenvalue weighted by atomic mass is 10.4. The van der Waals surface area contributed by atoms with E-state index in [4.69, 9.17) is 4.74 Å². The first-order chi connectivity index (χ1) is 7.67. The Morgan fingerprint density at radius 3 is 2.75 bits per heavy atom. The summed E-state index contributed by atoms with van der Waals surface area (Å²) in [5.41, 5.74) is 0. The van der Waals surface area contributed by atoms with E-state index in [0.717, 1.165) is 24.2 Å². The molecule has 0 amide bonds. The van der Waals surface area contributed by atoms with Crippen LogP contribution in [0.5, 0.6) is 5.88 Å². The second kappa shape index (κ2) is 6.68. The number of alkyl halides is 1. The molecule has 1 aromatic rings. The largest absolute Gasteiger partial charge is 0.474 e. The summed E-state index contributed by atoms with van der Waals surface area (Å²) in [5.74, 6) is 1.45. The molecule has 0 spiro atoms. The van der Waals surface area contributed by atoms with Crippen LogP contribution in [0, 0.1) is 0 Å². The SMILES string of the molecule is CCN(CCBr)c1cncc(OC(C)C)n1. The van der Waals surface area contributed by atoms with E-state index in [1.165, 1.54) is 0 Å². The smallest absolute Gasteiger partial charge is 0.234 e. The molecule has 0 aromatic carbocycles. The van der Waals surface area contributed by atoms with Gasteiger partial charge in [0.05, 0.1) is 18.5 Å². The molecule has 0 unspecified atom stereocenters. The predicted molar refractivity (Wildman–Crippen MR) is 69.5 cm³/mol. The van der Waals surface area contributed by atoms with Crippen molar-refractivity contribution in [3.63, 3.8) is 0 Å². The molecule has 0 saturated heterocycles. The molecule has 5 heteroatoms. The van der Waals surface area contributed by atoms with E-state index in [9.17, 15) is 0 Å². The average Bonchev–Trinajstić information content (AvgIpc) is 2.25. The summed E-state index contributed by atoms with van der Waals surface area (Å²) < 4.78 is 5.52. The molecule has 0 radical (unpaired) electrons. The summed E-state index contributed by atoms with van der Waals surface area (Å²) in [6, 6.07) is 0. The minimum Gasteiger partial charge on any atom is -0.474 e. The fourth-order valence-electron chi connectivity index (χ4n) is 1.33. The highest BCUT2D eigenvalue weighted by atomic mass is 79.9. The molecule has 0 saturated carbocycles. The maximum Gasteiger partial charge on any atom is 0.234 e. The van der Waals surface area contributed by atoms with Crippen LogP contribution >= 0.6 is 15.9 Å². The van der Waals surface area contributed by atoms with Crippen molar-refractivity contribution in [2.75, 3.05) is 23.3 Å². The molecule has 1 aromatic heterocycles. The van der Waals surface area contributed by atoms with Gasteiger partial charge in [-0.3, -0.25) is 4.98 Å². The summed E-state index contributed by atoms with van der Waals surface area (Å²) in [4.78, 5) is 10.7. The molecule has 0 aliphatic rings. The van der Waals surface area contributed by atoms with Crippen molar-refractivity contribution in [3.8, 4) is 5.88 Å². The van der Waals surface area contributed by atoms with Crippen molar-refractivity contribution in [1.82, 2.24) is 9.97 Å². The van der Waals surface area contributed by atoms with Gasteiger partial charge in [-0.25, -0.2) is 0 Å². The Kier molecular flexibility index (Phi) is 5.52. The molecular formula is C11H18BrN3O. The first-order valence-corrected chi connectivity index (χ1v) is 6.59. The van der Waals surface area contributed by atoms with Gasteiger partial charge in [0.15, 0.2) is 5.82 Å². The van der Waals surface area contributed by atoms with E-state index in [0.29, 0.717) is 5.88 Å². The third-order valence-electron chi connectivity index (χ3n) is 2.02. The Morgan fingerprint density at radius 2 is 2.19 bits per heavy atom. The van der Waals surface area contributed by atoms with Gasteiger partial charge in [0.2, 0.25) is 5.88 Å². The van der Waals surface area contributed by atoms with Crippen molar-refractivity contribution in [3.05, 3.63) is 12.4 Å². The zero-order chi connectivity index (χ0) is 12.0. The van der Waals surface area contributed by atoms with Gasteiger partial charge >= 0.3 is 0 Å². The molecule has 0 atom stereocenters. The van der Waals surface area contributed by atoms with Crippen LogP contribution in [0.1, 0.15) is 20.8 Å². The number of ether oxygens (including phenoxy) is 1. The number of anilines is 1. The van der Waals surface area contributed by atoms with Gasteiger partial charge in [-0.2, -0.15) is 4.98 Å². The van der Waals surface area contributed by atoms with E-state index < -0.39 is 0 Å². The van der Waals surface area contributed by atoms with Crippen molar-refractivity contribution in [2.24, 2.45) is 0 Å². The second-order valence-electron chi connectivity index (χ2n) is 3.65. The summed E-state index contributed by atoms with van der Waals surface area (Å²) in [6.07, 6.45) is 3.53. The highest BCUT2D eigenvalue weighted by Crippen LogP contribution is 2.14. The molecule has 16 heavy (non-hydrogen) atoms. The molecule has 0 N–H and O–H groups in total. The van der Waals surface area contributed by atoms with Crippen LogP contribution in [0.3, 0.4) is 0 Å². The number of halogens is 1. The summed E-state index contributed by atoms with van der Waals surface area (Å²) >= 11 is 3.43. The fraction of sp³-hybridized carbons (Fsp3) is 0.636. The average molecular weight is 288 g/mol. The van der Waals surface area contributed by atoms with Crippen LogP contribution in [0.4, 0.5) is 5.82 Å². The summed E-state index contributed by atoms with van der Waals surface area (Å²) in [5, 5.41) is 0.914. The normalized spacial score (nSPS) is 10.6. The Hall–Kier alpha value is -0.840. The van der Waals surface area contributed by atoms with Crippen LogP contribution in [0.25, 0.3) is 0 Å². The van der Waals surface area contributed by atoms with Crippen molar-refractivity contribution >= 4 is 21.7 Å². The Morgan fingerprint density at radius 1 is 1.44 bits per heavy atom. The number of rotatable bonds is 6. The van der Waals surface area contributed by atoms with Gasteiger partial charge in [-0.05, 0) is 20.8 Å². The van der Waals surface area contributed by atoms with Gasteiger partial charge in [0.1, 0.15) is 0 Å². The van der Waals surface area contributed by atoms with Crippen molar-refractivity contribution < 1.29 is 4.74 Å². The first-order valence-electron chi connectivity index (χ1n) is 5.47. The zero-order valence-electron chi connectivity index (χ0n) is 9.98. The number of hydrogen-bond acceptors (Lipinski definition) is 4. The van der Waals surface area contributed by atoms with Crippen molar-refractivity contribution in [1.29, 1.82) is 0 Å². The molecule has 1 rings (SSSR count). The number of aromatic nitrogens is 2. The van der Waals surface area contributed by atoms with Crippen molar-refractivity contribution in [2.45, 2.75) is 26.9 Å². The Balaban J connectivity index is 2.79. The number of hydrogen-bond donors (Lipinski definition) is 0. The van der Waals surface area contributed by atoms with Gasteiger partial charge in [-0.1, -0.05) is 15.9 Å². The molecule has 0 aliphatic carbocycles. The van der Waals surface area contributed by atoms with Gasteiger partial charge < -0.3 is 9.64 Å². The lowest BCUT2D eigenvalue weighted by molar-refractivity contribution is 0.231. The zero-order valence-corrected chi connectivity index (χ0v) is 11.6. The summed E-state index contributed by atoms with van der Waals surface area (Å²) in [7, 11) is 0. The van der Waals surface area contributed by atoms with Crippen LogP contribution in [0.2, 0.25) is 0 Å². The van der Waals surface area contributed by atoms with Gasteiger partial charge in [0.25, 0.3) is 0 Å². The van der Waals surface area contributed by atoms with Crippen LogP contribution in [0.15, 0.2) is 12.4 Å². The Labute approximate surface area is 105 Å².